The molecule has 0 aromatic heterocycles. The van der Waals surface area contributed by atoms with Gasteiger partial charge in [-0.1, -0.05) is 0 Å². The van der Waals surface area contributed by atoms with Gasteiger partial charge < -0.3 is 5.32 Å². The molecule has 0 spiro atoms. The van der Waals surface area contributed by atoms with Crippen LogP contribution >= 0.6 is 0 Å². The summed E-state index contributed by atoms with van der Waals surface area (Å²) >= 11 is 0. The number of hydrogen-bond donors (Lipinski definition) is 1. The molecule has 1 saturated heterocycles. The van der Waals surface area contributed by atoms with Gasteiger partial charge in [0.25, 0.3) is 0 Å². The molecule has 2 nitrogen and oxygen atoms in total. The molecule has 12 heavy (non-hydrogen) atoms. The van der Waals surface area contributed by atoms with Crippen LogP contribution in [-0.4, -0.2) is 18.8 Å². The van der Waals surface area contributed by atoms with Gasteiger partial charge in [-0.05, 0) is 19.4 Å². The van der Waals surface area contributed by atoms with Crippen LogP contribution in [-0.2, 0) is 0 Å². The van der Waals surface area contributed by atoms with Crippen molar-refractivity contribution in [3.63, 3.8) is 0 Å². The maximum absolute atomic E-state index is 12.2. The molecule has 1 rings (SSSR count). The molecule has 0 saturated carbocycles. The number of piperidine rings is 1. The van der Waals surface area contributed by atoms with E-state index in [4.69, 9.17) is 5.26 Å². The van der Waals surface area contributed by atoms with Crippen LogP contribution in [0.5, 0.6) is 0 Å². The summed E-state index contributed by atoms with van der Waals surface area (Å²) in [5.74, 6) is -0.918. The SMILES string of the molecule is N#C[C@H]1CCCN[C@H]1C(F)(F)F. The Labute approximate surface area is 68.4 Å². The molecular weight excluding hydrogens is 169 g/mol. The van der Waals surface area contributed by atoms with E-state index in [2.05, 4.69) is 5.32 Å². The third-order valence-electron chi connectivity index (χ3n) is 1.98. The molecule has 0 amide bonds. The van der Waals surface area contributed by atoms with E-state index >= 15 is 0 Å². The maximum atomic E-state index is 12.2. The van der Waals surface area contributed by atoms with Gasteiger partial charge in [0.05, 0.1) is 12.0 Å². The second kappa shape index (κ2) is 3.31. The van der Waals surface area contributed by atoms with E-state index in [1.165, 1.54) is 0 Å². The molecule has 1 N–H and O–H groups in total. The Balaban J connectivity index is 2.67. The standard InChI is InChI=1S/C7H9F3N2/c8-7(9,10)6-5(4-11)2-1-3-12-6/h5-6,12H,1-3H2/t5-,6-/m1/s1. The Morgan fingerprint density at radius 1 is 1.42 bits per heavy atom. The van der Waals surface area contributed by atoms with Crippen LogP contribution in [0.2, 0.25) is 0 Å². The predicted octanol–water partition coefficient (Wildman–Crippen LogP) is 1.44. The van der Waals surface area contributed by atoms with Gasteiger partial charge in [-0.25, -0.2) is 0 Å². The second-order valence-corrected chi connectivity index (χ2v) is 2.85. The minimum atomic E-state index is -4.29. The average molecular weight is 178 g/mol. The van der Waals surface area contributed by atoms with Crippen molar-refractivity contribution >= 4 is 0 Å². The zero-order chi connectivity index (χ0) is 9.19. The number of alkyl halides is 3. The van der Waals surface area contributed by atoms with E-state index in [0.29, 0.717) is 19.4 Å². The van der Waals surface area contributed by atoms with Gasteiger partial charge in [0, 0.05) is 0 Å². The smallest absolute Gasteiger partial charge is 0.305 e. The first-order valence-electron chi connectivity index (χ1n) is 3.75. The first-order chi connectivity index (χ1) is 5.55. The number of hydrogen-bond acceptors (Lipinski definition) is 2. The number of nitriles is 1. The van der Waals surface area contributed by atoms with Crippen molar-refractivity contribution in [3.05, 3.63) is 0 Å². The van der Waals surface area contributed by atoms with E-state index in [0.717, 1.165) is 0 Å². The van der Waals surface area contributed by atoms with Crippen LogP contribution in [0.3, 0.4) is 0 Å². The largest absolute Gasteiger partial charge is 0.405 e. The zero-order valence-electron chi connectivity index (χ0n) is 6.36. The summed E-state index contributed by atoms with van der Waals surface area (Å²) < 4.78 is 36.5. The summed E-state index contributed by atoms with van der Waals surface area (Å²) in [5.41, 5.74) is 0. The molecule has 0 unspecified atom stereocenters. The fourth-order valence-electron chi connectivity index (χ4n) is 1.37. The summed E-state index contributed by atoms with van der Waals surface area (Å²) in [6.07, 6.45) is -3.31. The average Bonchev–Trinajstić information content (AvgIpc) is 2.03. The van der Waals surface area contributed by atoms with Gasteiger partial charge in [-0.15, -0.1) is 0 Å². The summed E-state index contributed by atoms with van der Waals surface area (Å²) in [6, 6.07) is 0.0496. The van der Waals surface area contributed by atoms with Crippen LogP contribution in [0.15, 0.2) is 0 Å². The summed E-state index contributed by atoms with van der Waals surface area (Å²) in [7, 11) is 0. The van der Waals surface area contributed by atoms with Crippen LogP contribution < -0.4 is 5.32 Å². The molecule has 2 atom stereocenters. The van der Waals surface area contributed by atoms with Crippen molar-refractivity contribution in [3.8, 4) is 6.07 Å². The Morgan fingerprint density at radius 2 is 2.08 bits per heavy atom. The highest BCUT2D eigenvalue weighted by molar-refractivity contribution is 4.97. The number of halogens is 3. The lowest BCUT2D eigenvalue weighted by Gasteiger charge is -2.29. The molecule has 1 aliphatic rings. The second-order valence-electron chi connectivity index (χ2n) is 2.85. The lowest BCUT2D eigenvalue weighted by Crippen LogP contribution is -2.50. The highest BCUT2D eigenvalue weighted by atomic mass is 19.4. The molecule has 1 aliphatic heterocycles. The fraction of sp³-hybridized carbons (Fsp3) is 0.857. The van der Waals surface area contributed by atoms with E-state index in [1.54, 1.807) is 6.07 Å². The van der Waals surface area contributed by atoms with Crippen molar-refractivity contribution in [2.75, 3.05) is 6.54 Å². The van der Waals surface area contributed by atoms with Crippen molar-refractivity contribution in [2.45, 2.75) is 25.1 Å². The normalized spacial score (nSPS) is 31.2. The van der Waals surface area contributed by atoms with Crippen molar-refractivity contribution in [1.29, 1.82) is 5.26 Å². The lowest BCUT2D eigenvalue weighted by atomic mass is 9.92. The first-order valence-corrected chi connectivity index (χ1v) is 3.75. The monoisotopic (exact) mass is 178 g/mol. The van der Waals surface area contributed by atoms with Gasteiger partial charge in [0.15, 0.2) is 0 Å². The quantitative estimate of drug-likeness (QED) is 0.609. The van der Waals surface area contributed by atoms with Gasteiger partial charge in [-0.3, -0.25) is 0 Å². The van der Waals surface area contributed by atoms with Gasteiger partial charge in [0.1, 0.15) is 6.04 Å². The predicted molar refractivity (Wildman–Crippen MR) is 36.2 cm³/mol. The van der Waals surface area contributed by atoms with Crippen LogP contribution in [0.1, 0.15) is 12.8 Å². The Bertz CT molecular complexity index is 194. The Hall–Kier alpha value is -0.760. The Kier molecular flexibility index (Phi) is 2.58. The van der Waals surface area contributed by atoms with Gasteiger partial charge >= 0.3 is 6.18 Å². The highest BCUT2D eigenvalue weighted by Crippen LogP contribution is 2.29. The molecule has 1 fully saturated rings. The minimum absolute atomic E-state index is 0.341. The molecular formula is C7H9F3N2. The number of rotatable bonds is 0. The summed E-state index contributed by atoms with van der Waals surface area (Å²) in [6.45, 7) is 0.350. The van der Waals surface area contributed by atoms with Crippen molar-refractivity contribution < 1.29 is 13.2 Å². The summed E-state index contributed by atoms with van der Waals surface area (Å²) in [5, 5.41) is 10.7. The van der Waals surface area contributed by atoms with E-state index in [-0.39, 0.29) is 0 Å². The van der Waals surface area contributed by atoms with E-state index in [9.17, 15) is 13.2 Å². The molecule has 0 aliphatic carbocycles. The minimum Gasteiger partial charge on any atom is -0.305 e. The summed E-state index contributed by atoms with van der Waals surface area (Å²) in [4.78, 5) is 0. The zero-order valence-corrected chi connectivity index (χ0v) is 6.36. The Morgan fingerprint density at radius 3 is 2.50 bits per heavy atom. The van der Waals surface area contributed by atoms with Crippen LogP contribution in [0.4, 0.5) is 13.2 Å². The van der Waals surface area contributed by atoms with Gasteiger partial charge in [0.2, 0.25) is 0 Å². The third kappa shape index (κ3) is 1.89. The number of nitrogens with zero attached hydrogens (tertiary/aromatic N) is 1. The van der Waals surface area contributed by atoms with Crippen LogP contribution in [0, 0.1) is 17.2 Å². The highest BCUT2D eigenvalue weighted by Gasteiger charge is 2.45. The van der Waals surface area contributed by atoms with Crippen molar-refractivity contribution in [1.82, 2.24) is 5.32 Å². The topological polar surface area (TPSA) is 35.8 Å². The lowest BCUT2D eigenvalue weighted by molar-refractivity contribution is -0.167. The van der Waals surface area contributed by atoms with Crippen LogP contribution in [0.25, 0.3) is 0 Å². The number of nitrogens with one attached hydrogen (secondary N) is 1. The molecule has 1 heterocycles. The molecule has 0 aromatic rings. The van der Waals surface area contributed by atoms with E-state index in [1.807, 2.05) is 0 Å². The molecule has 0 bridgehead atoms. The molecule has 0 aromatic carbocycles. The molecule has 68 valence electrons. The van der Waals surface area contributed by atoms with Gasteiger partial charge in [-0.2, -0.15) is 18.4 Å². The molecule has 0 radical (unpaired) electrons. The van der Waals surface area contributed by atoms with Crippen molar-refractivity contribution in [2.24, 2.45) is 5.92 Å². The molecule has 5 heteroatoms. The first kappa shape index (κ1) is 9.33. The maximum Gasteiger partial charge on any atom is 0.405 e. The van der Waals surface area contributed by atoms with E-state index < -0.39 is 18.1 Å². The fourth-order valence-corrected chi connectivity index (χ4v) is 1.37. The third-order valence-corrected chi connectivity index (χ3v) is 1.98.